The van der Waals surface area contributed by atoms with Crippen LogP contribution in [0.15, 0.2) is 150 Å². The van der Waals surface area contributed by atoms with Crippen LogP contribution in [-0.2, 0) is 0 Å². The highest BCUT2D eigenvalue weighted by atomic mass is 15.0. The molecular weight excluding hydrogens is 498 g/mol. The Morgan fingerprint density at radius 2 is 1.20 bits per heavy atom. The number of H-pyrrole nitrogens is 1. The van der Waals surface area contributed by atoms with Gasteiger partial charge in [0.05, 0.1) is 5.70 Å². The molecule has 1 aliphatic heterocycles. The first-order chi connectivity index (χ1) is 20.3. The minimum Gasteiger partial charge on any atom is -0.354 e. The lowest BCUT2D eigenvalue weighted by Crippen LogP contribution is -2.25. The fourth-order valence-corrected chi connectivity index (χ4v) is 5.91. The van der Waals surface area contributed by atoms with Crippen molar-refractivity contribution in [3.05, 3.63) is 162 Å². The fraction of sp³-hybridized carbons (Fsp3) is 0. The maximum atomic E-state index is 5.28. The van der Waals surface area contributed by atoms with Gasteiger partial charge in [0.15, 0.2) is 0 Å². The molecule has 3 heteroatoms. The Morgan fingerprint density at radius 3 is 2.02 bits per heavy atom. The van der Waals surface area contributed by atoms with E-state index in [4.69, 9.17) is 4.99 Å². The number of benzene rings is 6. The van der Waals surface area contributed by atoms with Gasteiger partial charge in [0.2, 0.25) is 0 Å². The maximum Gasteiger partial charge on any atom is 0.139 e. The Balaban J connectivity index is 1.51. The molecule has 0 aliphatic carbocycles. The lowest BCUT2D eigenvalue weighted by atomic mass is 9.90. The fourth-order valence-electron chi connectivity index (χ4n) is 5.91. The highest BCUT2D eigenvalue weighted by Gasteiger charge is 2.22. The second-order valence-electron chi connectivity index (χ2n) is 10.3. The molecule has 1 aliphatic rings. The molecule has 1 aromatic heterocycles. The monoisotopic (exact) mass is 523 g/mol. The van der Waals surface area contributed by atoms with Crippen molar-refractivity contribution in [1.82, 2.24) is 10.3 Å². The summed E-state index contributed by atoms with van der Waals surface area (Å²) in [7, 11) is 0. The molecule has 0 fully saturated rings. The predicted octanol–water partition coefficient (Wildman–Crippen LogP) is 9.17. The molecule has 0 saturated carbocycles. The molecule has 0 spiro atoms. The van der Waals surface area contributed by atoms with E-state index in [1.807, 2.05) is 24.3 Å². The van der Waals surface area contributed by atoms with Gasteiger partial charge in [0, 0.05) is 38.5 Å². The van der Waals surface area contributed by atoms with Crippen molar-refractivity contribution < 1.29 is 0 Å². The number of aromatic nitrogens is 1. The maximum absolute atomic E-state index is 5.28. The molecule has 0 amide bonds. The second kappa shape index (κ2) is 9.53. The zero-order chi connectivity index (χ0) is 27.2. The third kappa shape index (κ3) is 3.96. The smallest absolute Gasteiger partial charge is 0.139 e. The van der Waals surface area contributed by atoms with Crippen molar-refractivity contribution in [2.75, 3.05) is 0 Å². The molecule has 7 aromatic rings. The molecule has 0 saturated heterocycles. The summed E-state index contributed by atoms with van der Waals surface area (Å²) in [6.07, 6.45) is 0. The van der Waals surface area contributed by atoms with Crippen molar-refractivity contribution in [3.8, 4) is 11.1 Å². The molecule has 2 N–H and O–H groups in total. The van der Waals surface area contributed by atoms with Crippen molar-refractivity contribution in [1.29, 1.82) is 0 Å². The summed E-state index contributed by atoms with van der Waals surface area (Å²) in [6.45, 7) is 0. The van der Waals surface area contributed by atoms with E-state index in [0.29, 0.717) is 0 Å². The quantitative estimate of drug-likeness (QED) is 0.222. The molecular formula is C38H25N3. The molecule has 0 atom stereocenters. The highest BCUT2D eigenvalue weighted by molar-refractivity contribution is 6.18. The molecule has 0 radical (unpaired) electrons. The van der Waals surface area contributed by atoms with E-state index >= 15 is 0 Å². The Hall–Kier alpha value is -5.63. The summed E-state index contributed by atoms with van der Waals surface area (Å²) in [5.74, 6) is 0.805. The number of para-hydroxylation sites is 1. The minimum absolute atomic E-state index is 0.805. The van der Waals surface area contributed by atoms with Crippen molar-refractivity contribution >= 4 is 49.8 Å². The van der Waals surface area contributed by atoms with Gasteiger partial charge in [-0.2, -0.15) is 0 Å². The number of rotatable bonds is 4. The van der Waals surface area contributed by atoms with E-state index in [0.717, 1.165) is 55.9 Å². The average Bonchev–Trinajstić information content (AvgIpc) is 3.43. The lowest BCUT2D eigenvalue weighted by Gasteiger charge is -2.20. The van der Waals surface area contributed by atoms with Gasteiger partial charge in [-0.25, -0.2) is 4.99 Å². The number of aliphatic imine (C=N–C) groups is 1. The van der Waals surface area contributed by atoms with Gasteiger partial charge in [-0.3, -0.25) is 0 Å². The predicted molar refractivity (Wildman–Crippen MR) is 172 cm³/mol. The summed E-state index contributed by atoms with van der Waals surface area (Å²) in [4.78, 5) is 8.92. The van der Waals surface area contributed by atoms with Crippen LogP contribution in [0.1, 0.15) is 16.7 Å². The van der Waals surface area contributed by atoms with Crippen LogP contribution in [0, 0.1) is 0 Å². The summed E-state index contributed by atoms with van der Waals surface area (Å²) < 4.78 is 0. The normalized spacial score (nSPS) is 13.1. The SMILES string of the molecule is C1=C(c2ccccc2)NC(c2ccccc2)=NC=1c1c(-c2cccc3ccccc23)ccc2[nH]c3ccccc3c12. The van der Waals surface area contributed by atoms with Crippen LogP contribution < -0.4 is 5.32 Å². The Bertz CT molecular complexity index is 2190. The summed E-state index contributed by atoms with van der Waals surface area (Å²) in [5, 5.41) is 8.33. The zero-order valence-electron chi connectivity index (χ0n) is 22.2. The molecule has 41 heavy (non-hydrogen) atoms. The second-order valence-corrected chi connectivity index (χ2v) is 10.3. The standard InChI is InChI=1S/C38H25N3/c1-3-13-26(14-4-1)34-24-35(41-38(40-34)27-15-5-2-6-16-27)36-30(29-20-11-17-25-12-7-8-18-28(25)29)22-23-33-37(36)31-19-9-10-21-32(31)39-33/h1-23,39H,(H,40,41). The summed E-state index contributed by atoms with van der Waals surface area (Å²) >= 11 is 0. The van der Waals surface area contributed by atoms with Gasteiger partial charge < -0.3 is 10.3 Å². The Morgan fingerprint density at radius 1 is 0.512 bits per heavy atom. The average molecular weight is 524 g/mol. The molecule has 3 nitrogen and oxygen atoms in total. The first kappa shape index (κ1) is 23.3. The summed E-state index contributed by atoms with van der Waals surface area (Å²) in [6, 6.07) is 48.7. The first-order valence-corrected chi connectivity index (χ1v) is 13.8. The van der Waals surface area contributed by atoms with Crippen molar-refractivity contribution in [2.45, 2.75) is 0 Å². The van der Waals surface area contributed by atoms with Gasteiger partial charge in [-0.05, 0) is 34.0 Å². The molecule has 2 heterocycles. The van der Waals surface area contributed by atoms with E-state index < -0.39 is 0 Å². The number of nitrogens with one attached hydrogen (secondary N) is 2. The topological polar surface area (TPSA) is 40.2 Å². The number of amidine groups is 1. The van der Waals surface area contributed by atoms with Crippen molar-refractivity contribution in [2.24, 2.45) is 4.99 Å². The third-order valence-corrected chi connectivity index (χ3v) is 7.81. The molecule has 0 unspecified atom stereocenters. The van der Waals surface area contributed by atoms with Gasteiger partial charge in [-0.15, -0.1) is 0 Å². The number of aromatic amines is 1. The van der Waals surface area contributed by atoms with Crippen LogP contribution in [0.4, 0.5) is 0 Å². The van der Waals surface area contributed by atoms with Crippen LogP contribution in [0.2, 0.25) is 0 Å². The van der Waals surface area contributed by atoms with E-state index in [-0.39, 0.29) is 0 Å². The van der Waals surface area contributed by atoms with Gasteiger partial charge in [0.1, 0.15) is 11.5 Å². The minimum atomic E-state index is 0.805. The number of hydrogen-bond acceptors (Lipinski definition) is 2. The van der Waals surface area contributed by atoms with Gasteiger partial charge in [0.25, 0.3) is 0 Å². The molecule has 8 rings (SSSR count). The third-order valence-electron chi connectivity index (χ3n) is 7.81. The molecule has 6 aromatic carbocycles. The molecule has 192 valence electrons. The van der Waals surface area contributed by atoms with Gasteiger partial charge in [-0.1, -0.05) is 133 Å². The highest BCUT2D eigenvalue weighted by Crippen LogP contribution is 2.42. The van der Waals surface area contributed by atoms with E-state index in [2.05, 4.69) is 131 Å². The summed E-state index contributed by atoms with van der Waals surface area (Å²) in [5.41, 5.74) is 13.1. The van der Waals surface area contributed by atoms with Crippen LogP contribution >= 0.6 is 0 Å². The lowest BCUT2D eigenvalue weighted by molar-refractivity contribution is 1.25. The number of fused-ring (bicyclic) bond motifs is 4. The van der Waals surface area contributed by atoms with Crippen LogP contribution in [0.25, 0.3) is 55.1 Å². The molecule has 0 bridgehead atoms. The van der Waals surface area contributed by atoms with Crippen LogP contribution in [0.5, 0.6) is 0 Å². The number of nitrogens with zero attached hydrogens (tertiary/aromatic N) is 1. The van der Waals surface area contributed by atoms with Gasteiger partial charge >= 0.3 is 0 Å². The van der Waals surface area contributed by atoms with E-state index in [1.165, 1.54) is 21.7 Å². The zero-order valence-corrected chi connectivity index (χ0v) is 22.2. The van der Waals surface area contributed by atoms with Crippen LogP contribution in [0.3, 0.4) is 0 Å². The first-order valence-electron chi connectivity index (χ1n) is 13.8. The van der Waals surface area contributed by atoms with Crippen LogP contribution in [-0.4, -0.2) is 10.8 Å². The largest absolute Gasteiger partial charge is 0.354 e. The number of hydrogen-bond donors (Lipinski definition) is 2. The Kier molecular flexibility index (Phi) is 5.41. The van der Waals surface area contributed by atoms with Crippen molar-refractivity contribution in [3.63, 3.8) is 0 Å². The van der Waals surface area contributed by atoms with E-state index in [9.17, 15) is 0 Å². The van der Waals surface area contributed by atoms with E-state index in [1.54, 1.807) is 0 Å². The Labute approximate surface area is 237 Å².